The molecule has 1 fully saturated rings. The molecular weight excluding hydrogens is 400 g/mol. The molecule has 0 N–H and O–H groups in total. The first-order valence-electron chi connectivity index (χ1n) is 8.75. The van der Waals surface area contributed by atoms with Crippen LogP contribution in [0, 0.1) is 0 Å². The number of rotatable bonds is 4. The number of benzene rings is 1. The van der Waals surface area contributed by atoms with Gasteiger partial charge in [0.15, 0.2) is 5.03 Å². The van der Waals surface area contributed by atoms with Gasteiger partial charge in [0.2, 0.25) is 0 Å². The third kappa shape index (κ3) is 3.81. The lowest BCUT2D eigenvalue weighted by molar-refractivity contribution is -0.00498. The summed E-state index contributed by atoms with van der Waals surface area (Å²) in [6.45, 7) is 0.785. The number of sulfonamides is 1. The topological polar surface area (TPSA) is 77.3 Å². The molecule has 1 aliphatic heterocycles. The molecule has 0 unspecified atom stereocenters. The van der Waals surface area contributed by atoms with Crippen LogP contribution in [0.4, 0.5) is 0 Å². The minimum absolute atomic E-state index is 0.0416. The number of hydrogen-bond acceptors (Lipinski definition) is 5. The predicted molar refractivity (Wildman–Crippen MR) is 105 cm³/mol. The Balaban J connectivity index is 1.53. The van der Waals surface area contributed by atoms with Crippen LogP contribution in [0.2, 0.25) is 5.02 Å². The molecule has 3 heterocycles. The maximum atomic E-state index is 12.8. The van der Waals surface area contributed by atoms with E-state index in [2.05, 4.69) is 9.97 Å². The third-order valence-electron chi connectivity index (χ3n) is 4.59. The van der Waals surface area contributed by atoms with Crippen LogP contribution in [0.5, 0.6) is 0 Å². The standard InChI is InChI=1S/C19H19ClN4O3S/c1-23-12-19(22-13-23)28(25,26)24-7-8-27-18(11-24)17-6-5-15(10-21-17)14-3-2-4-16(20)9-14/h2-6,9-10,12-13,18H,7-8,11H2,1H3/t18-/m0/s1. The fourth-order valence-electron chi connectivity index (χ4n) is 3.11. The Morgan fingerprint density at radius 2 is 2.04 bits per heavy atom. The summed E-state index contributed by atoms with van der Waals surface area (Å²) in [6, 6.07) is 11.3. The lowest BCUT2D eigenvalue weighted by Crippen LogP contribution is -2.42. The zero-order valence-corrected chi connectivity index (χ0v) is 16.8. The Morgan fingerprint density at radius 1 is 1.18 bits per heavy atom. The van der Waals surface area contributed by atoms with Gasteiger partial charge in [0.25, 0.3) is 10.0 Å². The molecule has 1 aliphatic rings. The van der Waals surface area contributed by atoms with Gasteiger partial charge in [-0.15, -0.1) is 0 Å². The highest BCUT2D eigenvalue weighted by Crippen LogP contribution is 2.27. The Kier molecular flexibility index (Phi) is 5.20. The van der Waals surface area contributed by atoms with Crippen molar-refractivity contribution in [2.24, 2.45) is 7.05 Å². The Labute approximate surface area is 168 Å². The number of aromatic nitrogens is 3. The number of nitrogens with zero attached hydrogens (tertiary/aromatic N) is 4. The van der Waals surface area contributed by atoms with Crippen molar-refractivity contribution in [3.63, 3.8) is 0 Å². The van der Waals surface area contributed by atoms with E-state index in [9.17, 15) is 8.42 Å². The monoisotopic (exact) mass is 418 g/mol. The normalized spacial score (nSPS) is 18.3. The van der Waals surface area contributed by atoms with Crippen molar-refractivity contribution in [1.29, 1.82) is 0 Å². The first-order chi connectivity index (χ1) is 13.4. The molecular formula is C19H19ClN4O3S. The van der Waals surface area contributed by atoms with Crippen molar-refractivity contribution < 1.29 is 13.2 Å². The van der Waals surface area contributed by atoms with Crippen LogP contribution >= 0.6 is 11.6 Å². The molecule has 3 aromatic rings. The van der Waals surface area contributed by atoms with Crippen molar-refractivity contribution in [2.75, 3.05) is 19.7 Å². The number of aryl methyl sites for hydroxylation is 1. The van der Waals surface area contributed by atoms with Gasteiger partial charge in [0.1, 0.15) is 6.10 Å². The zero-order chi connectivity index (χ0) is 19.7. The Morgan fingerprint density at radius 3 is 2.71 bits per heavy atom. The van der Waals surface area contributed by atoms with Gasteiger partial charge in [-0.25, -0.2) is 13.4 Å². The largest absolute Gasteiger partial charge is 0.369 e. The van der Waals surface area contributed by atoms with E-state index in [-0.39, 0.29) is 18.1 Å². The maximum Gasteiger partial charge on any atom is 0.262 e. The summed E-state index contributed by atoms with van der Waals surface area (Å²) in [7, 11) is -1.92. The molecule has 1 saturated heterocycles. The first-order valence-corrected chi connectivity index (χ1v) is 10.6. The van der Waals surface area contributed by atoms with Crippen LogP contribution in [-0.2, 0) is 21.8 Å². The van der Waals surface area contributed by atoms with Crippen LogP contribution in [0.25, 0.3) is 11.1 Å². The van der Waals surface area contributed by atoms with Gasteiger partial charge in [-0.2, -0.15) is 4.31 Å². The average molecular weight is 419 g/mol. The molecule has 4 rings (SSSR count). The molecule has 146 valence electrons. The molecule has 0 spiro atoms. The minimum atomic E-state index is -3.66. The SMILES string of the molecule is Cn1cnc(S(=O)(=O)N2CCO[C@H](c3ccc(-c4cccc(Cl)c4)cn3)C2)c1. The summed E-state index contributed by atoms with van der Waals surface area (Å²) < 4.78 is 34.4. The molecule has 0 aliphatic carbocycles. The molecule has 1 aromatic carbocycles. The molecule has 2 aromatic heterocycles. The van der Waals surface area contributed by atoms with Gasteiger partial charge >= 0.3 is 0 Å². The second-order valence-electron chi connectivity index (χ2n) is 6.58. The lowest BCUT2D eigenvalue weighted by atomic mass is 10.1. The summed E-state index contributed by atoms with van der Waals surface area (Å²) in [5.74, 6) is 0. The van der Waals surface area contributed by atoms with Gasteiger partial charge in [0.05, 0.1) is 18.6 Å². The van der Waals surface area contributed by atoms with Gasteiger partial charge in [-0.3, -0.25) is 4.98 Å². The zero-order valence-electron chi connectivity index (χ0n) is 15.2. The smallest absolute Gasteiger partial charge is 0.262 e. The van der Waals surface area contributed by atoms with E-state index in [0.29, 0.717) is 17.3 Å². The van der Waals surface area contributed by atoms with Gasteiger partial charge in [0, 0.05) is 43.1 Å². The van der Waals surface area contributed by atoms with Crippen LogP contribution in [-0.4, -0.2) is 47.0 Å². The van der Waals surface area contributed by atoms with E-state index in [0.717, 1.165) is 11.1 Å². The lowest BCUT2D eigenvalue weighted by Gasteiger charge is -2.31. The number of pyridine rings is 1. The van der Waals surface area contributed by atoms with Crippen molar-refractivity contribution in [1.82, 2.24) is 18.8 Å². The van der Waals surface area contributed by atoms with Crippen LogP contribution in [0.3, 0.4) is 0 Å². The van der Waals surface area contributed by atoms with E-state index in [1.807, 2.05) is 36.4 Å². The highest BCUT2D eigenvalue weighted by molar-refractivity contribution is 7.89. The minimum Gasteiger partial charge on any atom is -0.369 e. The van der Waals surface area contributed by atoms with E-state index >= 15 is 0 Å². The molecule has 0 saturated carbocycles. The second-order valence-corrected chi connectivity index (χ2v) is 8.90. The van der Waals surface area contributed by atoms with Gasteiger partial charge in [-0.1, -0.05) is 29.8 Å². The third-order valence-corrected chi connectivity index (χ3v) is 6.57. The number of ether oxygens (including phenoxy) is 1. The van der Waals surface area contributed by atoms with Crippen molar-refractivity contribution in [3.05, 3.63) is 65.8 Å². The Bertz CT molecular complexity index is 1080. The van der Waals surface area contributed by atoms with Crippen LogP contribution in [0.1, 0.15) is 11.8 Å². The Hall–Kier alpha value is -2.26. The summed E-state index contributed by atoms with van der Waals surface area (Å²) in [4.78, 5) is 8.47. The maximum absolute atomic E-state index is 12.8. The quantitative estimate of drug-likeness (QED) is 0.651. The molecule has 28 heavy (non-hydrogen) atoms. The molecule has 1 atom stereocenters. The van der Waals surface area contributed by atoms with Gasteiger partial charge < -0.3 is 9.30 Å². The highest BCUT2D eigenvalue weighted by Gasteiger charge is 2.33. The van der Waals surface area contributed by atoms with Gasteiger partial charge in [-0.05, 0) is 23.8 Å². The van der Waals surface area contributed by atoms with Crippen molar-refractivity contribution in [2.45, 2.75) is 11.1 Å². The number of hydrogen-bond donors (Lipinski definition) is 0. The molecule has 0 amide bonds. The molecule has 0 bridgehead atoms. The van der Waals surface area contributed by atoms with Crippen molar-refractivity contribution in [3.8, 4) is 11.1 Å². The van der Waals surface area contributed by atoms with Crippen molar-refractivity contribution >= 4 is 21.6 Å². The van der Waals surface area contributed by atoms with E-state index in [1.54, 1.807) is 17.8 Å². The second kappa shape index (κ2) is 7.63. The average Bonchev–Trinajstić information content (AvgIpc) is 3.15. The number of imidazole rings is 1. The fraction of sp³-hybridized carbons (Fsp3) is 0.263. The van der Waals surface area contributed by atoms with Crippen LogP contribution < -0.4 is 0 Å². The molecule has 0 radical (unpaired) electrons. The first kappa shape index (κ1) is 19.1. The molecule has 7 nitrogen and oxygen atoms in total. The summed E-state index contributed by atoms with van der Waals surface area (Å²) in [5, 5.41) is 0.701. The number of halogens is 1. The summed E-state index contributed by atoms with van der Waals surface area (Å²) in [5.41, 5.74) is 2.59. The van der Waals surface area contributed by atoms with Crippen LogP contribution in [0.15, 0.2) is 60.1 Å². The summed E-state index contributed by atoms with van der Waals surface area (Å²) in [6.07, 6.45) is 4.29. The molecule has 9 heteroatoms. The van der Waals surface area contributed by atoms with E-state index < -0.39 is 16.1 Å². The number of morpholine rings is 1. The predicted octanol–water partition coefficient (Wildman–Crippen LogP) is 2.90. The highest BCUT2D eigenvalue weighted by atomic mass is 35.5. The van der Waals surface area contributed by atoms with E-state index in [1.165, 1.54) is 16.8 Å². The summed E-state index contributed by atoms with van der Waals surface area (Å²) >= 11 is 6.05. The fourth-order valence-corrected chi connectivity index (χ4v) is 4.69. The van der Waals surface area contributed by atoms with E-state index in [4.69, 9.17) is 16.3 Å².